The average molecular weight is 318 g/mol. The van der Waals surface area contributed by atoms with E-state index in [-0.39, 0.29) is 21.2 Å². The molecule has 0 heterocycles. The summed E-state index contributed by atoms with van der Waals surface area (Å²) < 4.78 is 0. The molecule has 0 fully saturated rings. The zero-order valence-corrected chi connectivity index (χ0v) is 11.6. The Morgan fingerprint density at radius 3 is 2.32 bits per heavy atom. The van der Waals surface area contributed by atoms with Gasteiger partial charge in [-0.15, -0.1) is 0 Å². The van der Waals surface area contributed by atoms with E-state index < -0.39 is 17.3 Å². The zero-order chi connectivity index (χ0) is 14.2. The van der Waals surface area contributed by atoms with E-state index in [0.29, 0.717) is 5.02 Å². The Morgan fingerprint density at radius 2 is 1.68 bits per heavy atom. The van der Waals surface area contributed by atoms with Crippen molar-refractivity contribution in [1.29, 1.82) is 0 Å². The van der Waals surface area contributed by atoms with E-state index in [4.69, 9.17) is 34.8 Å². The molecule has 0 radical (unpaired) electrons. The lowest BCUT2D eigenvalue weighted by molar-refractivity contribution is 0.103. The molecule has 98 valence electrons. The fraction of sp³-hybridized carbons (Fsp3) is 0. The van der Waals surface area contributed by atoms with Crippen molar-refractivity contribution < 1.29 is 15.0 Å². The Bertz CT molecular complexity index is 668. The molecule has 0 saturated carbocycles. The van der Waals surface area contributed by atoms with Gasteiger partial charge in [0.2, 0.25) is 0 Å². The first-order valence-corrected chi connectivity index (χ1v) is 6.25. The number of halogens is 3. The van der Waals surface area contributed by atoms with Crippen molar-refractivity contribution in [2.45, 2.75) is 0 Å². The fourth-order valence-electron chi connectivity index (χ4n) is 1.56. The van der Waals surface area contributed by atoms with Crippen LogP contribution in [0.3, 0.4) is 0 Å². The number of ketones is 1. The van der Waals surface area contributed by atoms with Crippen molar-refractivity contribution in [3.05, 3.63) is 56.5 Å². The molecule has 0 atom stereocenters. The van der Waals surface area contributed by atoms with Crippen LogP contribution in [0.5, 0.6) is 11.5 Å². The van der Waals surface area contributed by atoms with Gasteiger partial charge in [0.05, 0.1) is 10.6 Å². The number of carbonyl (C=O) groups is 1. The predicted molar refractivity (Wildman–Crippen MR) is 74.7 cm³/mol. The van der Waals surface area contributed by atoms with Crippen LogP contribution in [0.25, 0.3) is 0 Å². The van der Waals surface area contributed by atoms with E-state index in [2.05, 4.69) is 0 Å². The van der Waals surface area contributed by atoms with Crippen molar-refractivity contribution >= 4 is 40.6 Å². The van der Waals surface area contributed by atoms with Gasteiger partial charge in [-0.25, -0.2) is 0 Å². The highest BCUT2D eigenvalue weighted by Crippen LogP contribution is 2.41. The third-order valence-corrected chi connectivity index (χ3v) is 3.38. The van der Waals surface area contributed by atoms with Gasteiger partial charge in [0.1, 0.15) is 10.8 Å². The average Bonchev–Trinajstić information content (AvgIpc) is 2.40. The molecule has 0 aliphatic carbocycles. The number of phenols is 2. The van der Waals surface area contributed by atoms with Gasteiger partial charge in [-0.1, -0.05) is 46.9 Å². The van der Waals surface area contributed by atoms with Crippen LogP contribution in [0.1, 0.15) is 15.9 Å². The summed E-state index contributed by atoms with van der Waals surface area (Å²) in [6.45, 7) is 0. The maximum Gasteiger partial charge on any atom is 0.196 e. The molecule has 0 spiro atoms. The van der Waals surface area contributed by atoms with Crippen molar-refractivity contribution in [3.8, 4) is 11.5 Å². The Kier molecular flexibility index (Phi) is 3.90. The first kappa shape index (κ1) is 14.0. The number of aromatic hydroxyl groups is 2. The first-order valence-electron chi connectivity index (χ1n) is 5.12. The van der Waals surface area contributed by atoms with Crippen LogP contribution in [0.15, 0.2) is 30.3 Å². The zero-order valence-electron chi connectivity index (χ0n) is 9.32. The van der Waals surface area contributed by atoms with Crippen molar-refractivity contribution in [1.82, 2.24) is 0 Å². The van der Waals surface area contributed by atoms with Crippen molar-refractivity contribution in [3.63, 3.8) is 0 Å². The van der Waals surface area contributed by atoms with Gasteiger partial charge in [-0.05, 0) is 18.2 Å². The first-order chi connectivity index (χ1) is 8.91. The highest BCUT2D eigenvalue weighted by atomic mass is 35.5. The Balaban J connectivity index is 2.57. The van der Waals surface area contributed by atoms with Crippen LogP contribution in [0.4, 0.5) is 0 Å². The van der Waals surface area contributed by atoms with Gasteiger partial charge in [-0.2, -0.15) is 0 Å². The normalized spacial score (nSPS) is 10.5. The van der Waals surface area contributed by atoms with Crippen LogP contribution in [0.2, 0.25) is 15.1 Å². The molecular weight excluding hydrogens is 310 g/mol. The quantitative estimate of drug-likeness (QED) is 0.812. The molecule has 0 aliphatic rings. The van der Waals surface area contributed by atoms with E-state index in [0.717, 1.165) is 6.07 Å². The minimum Gasteiger partial charge on any atom is -0.505 e. The molecule has 3 nitrogen and oxygen atoms in total. The largest absolute Gasteiger partial charge is 0.505 e. The smallest absolute Gasteiger partial charge is 0.196 e. The van der Waals surface area contributed by atoms with E-state index >= 15 is 0 Å². The summed E-state index contributed by atoms with van der Waals surface area (Å²) in [5, 5.41) is 19.2. The van der Waals surface area contributed by atoms with Crippen molar-refractivity contribution in [2.75, 3.05) is 0 Å². The Hall–Kier alpha value is -1.42. The summed E-state index contributed by atoms with van der Waals surface area (Å²) in [5.41, 5.74) is 0.177. The second kappa shape index (κ2) is 5.29. The molecule has 0 amide bonds. The highest BCUT2D eigenvalue weighted by molar-refractivity contribution is 6.39. The number of rotatable bonds is 2. The van der Waals surface area contributed by atoms with Gasteiger partial charge in [0.25, 0.3) is 0 Å². The molecule has 0 aliphatic heterocycles. The van der Waals surface area contributed by atoms with Crippen LogP contribution < -0.4 is 0 Å². The molecule has 19 heavy (non-hydrogen) atoms. The lowest BCUT2D eigenvalue weighted by Gasteiger charge is -2.08. The summed E-state index contributed by atoms with van der Waals surface area (Å²) in [6.07, 6.45) is 0. The van der Waals surface area contributed by atoms with Gasteiger partial charge < -0.3 is 10.2 Å². The summed E-state index contributed by atoms with van der Waals surface area (Å²) in [5.74, 6) is -1.49. The van der Waals surface area contributed by atoms with E-state index in [1.54, 1.807) is 18.2 Å². The van der Waals surface area contributed by atoms with Crippen LogP contribution in [-0.4, -0.2) is 16.0 Å². The second-order valence-electron chi connectivity index (χ2n) is 3.76. The Labute approximate surface area is 124 Å². The number of carbonyl (C=O) groups excluding carboxylic acids is 1. The minimum atomic E-state index is -0.520. The highest BCUT2D eigenvalue weighted by Gasteiger charge is 2.20. The maximum atomic E-state index is 12.2. The monoisotopic (exact) mass is 316 g/mol. The molecule has 0 aromatic heterocycles. The molecule has 0 saturated heterocycles. The SMILES string of the molecule is O=C(c1cccc(Cl)c1)c1cc(Cl)c(O)c(Cl)c1O. The van der Waals surface area contributed by atoms with Crippen LogP contribution >= 0.6 is 34.8 Å². The Morgan fingerprint density at radius 1 is 1.00 bits per heavy atom. The third-order valence-electron chi connectivity index (χ3n) is 2.50. The molecule has 0 bridgehead atoms. The maximum absolute atomic E-state index is 12.2. The van der Waals surface area contributed by atoms with Crippen LogP contribution in [-0.2, 0) is 0 Å². The summed E-state index contributed by atoms with van der Waals surface area (Å²) in [6, 6.07) is 7.38. The van der Waals surface area contributed by atoms with Gasteiger partial charge in [0, 0.05) is 10.6 Å². The third kappa shape index (κ3) is 2.63. The van der Waals surface area contributed by atoms with E-state index in [1.807, 2.05) is 0 Å². The van der Waals surface area contributed by atoms with Gasteiger partial charge in [0.15, 0.2) is 11.5 Å². The lowest BCUT2D eigenvalue weighted by atomic mass is 10.0. The van der Waals surface area contributed by atoms with Gasteiger partial charge >= 0.3 is 0 Å². The summed E-state index contributed by atoms with van der Waals surface area (Å²) >= 11 is 17.2. The molecule has 2 aromatic rings. The molecule has 2 aromatic carbocycles. The minimum absolute atomic E-state index is 0.102. The molecule has 6 heteroatoms. The number of hydrogen-bond donors (Lipinski definition) is 2. The fourth-order valence-corrected chi connectivity index (χ4v) is 2.20. The predicted octanol–water partition coefficient (Wildman–Crippen LogP) is 4.29. The number of phenolic OH excluding ortho intramolecular Hbond substituents is 2. The van der Waals surface area contributed by atoms with Crippen LogP contribution in [0, 0.1) is 0 Å². The van der Waals surface area contributed by atoms with E-state index in [9.17, 15) is 15.0 Å². The van der Waals surface area contributed by atoms with Gasteiger partial charge in [-0.3, -0.25) is 4.79 Å². The summed E-state index contributed by atoms with van der Waals surface area (Å²) in [7, 11) is 0. The lowest BCUT2D eigenvalue weighted by Crippen LogP contribution is -2.02. The standard InChI is InChI=1S/C13H7Cl3O3/c14-7-3-1-2-6(4-7)11(17)8-5-9(15)13(19)10(16)12(8)18/h1-5,18-19H. The summed E-state index contributed by atoms with van der Waals surface area (Å²) in [4.78, 5) is 12.2. The van der Waals surface area contributed by atoms with E-state index in [1.165, 1.54) is 6.07 Å². The second-order valence-corrected chi connectivity index (χ2v) is 4.98. The van der Waals surface area contributed by atoms with Crippen molar-refractivity contribution in [2.24, 2.45) is 0 Å². The molecule has 2 N–H and O–H groups in total. The number of hydrogen-bond acceptors (Lipinski definition) is 3. The molecular formula is C13H7Cl3O3. The topological polar surface area (TPSA) is 57.5 Å². The number of benzene rings is 2. The molecule has 2 rings (SSSR count). The molecule has 0 unspecified atom stereocenters.